The number of nitro benzene ring substituents is 1. The summed E-state index contributed by atoms with van der Waals surface area (Å²) in [5, 5.41) is 13.8. The zero-order valence-corrected chi connectivity index (χ0v) is 15.8. The van der Waals surface area contributed by atoms with Crippen LogP contribution in [0.1, 0.15) is 17.3 Å². The van der Waals surface area contributed by atoms with Gasteiger partial charge < -0.3 is 14.8 Å². The molecule has 0 saturated carbocycles. The van der Waals surface area contributed by atoms with Crippen molar-refractivity contribution in [1.82, 2.24) is 5.32 Å². The highest BCUT2D eigenvalue weighted by molar-refractivity contribution is 6.30. The minimum Gasteiger partial charge on any atom is -0.450 e. The topological polar surface area (TPSA) is 90.7 Å². The number of alkyl halides is 3. The van der Waals surface area contributed by atoms with Crippen molar-refractivity contribution < 1.29 is 32.4 Å². The van der Waals surface area contributed by atoms with Crippen molar-refractivity contribution in [2.75, 3.05) is 13.2 Å². The second kappa shape index (κ2) is 9.57. The fourth-order valence-electron chi connectivity index (χ4n) is 2.22. The quantitative estimate of drug-likeness (QED) is 0.480. The molecule has 156 valence electrons. The van der Waals surface area contributed by atoms with E-state index in [1.165, 1.54) is 43.3 Å². The number of nitrogens with zero attached hydrogens (tertiary/aromatic N) is 1. The Balaban J connectivity index is 1.96. The maximum atomic E-state index is 12.1. The van der Waals surface area contributed by atoms with Crippen LogP contribution >= 0.6 is 11.6 Å². The predicted molar refractivity (Wildman–Crippen MR) is 98.4 cm³/mol. The van der Waals surface area contributed by atoms with E-state index >= 15 is 0 Å². The molecule has 1 N–H and O–H groups in total. The molecule has 0 aliphatic heterocycles. The van der Waals surface area contributed by atoms with Gasteiger partial charge in [0.1, 0.15) is 12.4 Å². The van der Waals surface area contributed by atoms with Gasteiger partial charge in [0, 0.05) is 22.7 Å². The van der Waals surface area contributed by atoms with E-state index in [1.54, 1.807) is 0 Å². The zero-order valence-electron chi connectivity index (χ0n) is 15.0. The first-order chi connectivity index (χ1) is 13.5. The molecule has 11 heteroatoms. The smallest absolute Gasteiger partial charge is 0.411 e. The van der Waals surface area contributed by atoms with Crippen molar-refractivity contribution in [1.29, 1.82) is 0 Å². The molecule has 2 rings (SSSR count). The molecule has 0 saturated heterocycles. The van der Waals surface area contributed by atoms with Crippen LogP contribution in [-0.4, -0.2) is 36.3 Å². The highest BCUT2D eigenvalue weighted by atomic mass is 35.5. The average Bonchev–Trinajstić information content (AvgIpc) is 2.62. The minimum absolute atomic E-state index is 0.0213. The number of halogens is 4. The first-order valence-corrected chi connectivity index (χ1v) is 8.60. The van der Waals surface area contributed by atoms with Crippen molar-refractivity contribution in [3.63, 3.8) is 0 Å². The maximum absolute atomic E-state index is 12.1. The normalized spacial score (nSPS) is 12.3. The van der Waals surface area contributed by atoms with Crippen molar-refractivity contribution in [3.05, 3.63) is 63.2 Å². The van der Waals surface area contributed by atoms with Crippen LogP contribution in [0.4, 0.5) is 18.9 Å². The Morgan fingerprint density at radius 3 is 2.48 bits per heavy atom. The number of carbonyl (C=O) groups excluding carboxylic acids is 1. The maximum Gasteiger partial charge on any atom is 0.411 e. The van der Waals surface area contributed by atoms with E-state index in [2.05, 4.69) is 10.1 Å². The van der Waals surface area contributed by atoms with E-state index in [-0.39, 0.29) is 34.4 Å². The molecule has 2 aromatic rings. The number of hydrogen-bond acceptors (Lipinski definition) is 5. The lowest BCUT2D eigenvalue weighted by atomic mass is 10.2. The number of carbonyl (C=O) groups is 1. The predicted octanol–water partition coefficient (Wildman–Crippen LogP) is 4.74. The number of nitrogens with one attached hydrogen (secondary N) is 1. The van der Waals surface area contributed by atoms with Gasteiger partial charge >= 0.3 is 11.9 Å². The van der Waals surface area contributed by atoms with Crippen LogP contribution in [-0.2, 0) is 4.74 Å². The summed E-state index contributed by atoms with van der Waals surface area (Å²) in [4.78, 5) is 22.6. The van der Waals surface area contributed by atoms with Gasteiger partial charge in [-0.15, -0.1) is 0 Å². The molecular weight excluding hydrogens is 417 g/mol. The summed E-state index contributed by atoms with van der Waals surface area (Å²) < 4.78 is 46.1. The number of amides is 1. The van der Waals surface area contributed by atoms with Crippen molar-refractivity contribution in [2.45, 2.75) is 19.1 Å². The lowest BCUT2D eigenvalue weighted by molar-refractivity contribution is -0.385. The van der Waals surface area contributed by atoms with Crippen LogP contribution in [0.2, 0.25) is 5.02 Å². The summed E-state index contributed by atoms with van der Waals surface area (Å²) in [6.07, 6.45) is -4.43. The standard InChI is InChI=1S/C18H16ClF3N2O5/c1-11(9-28-10-18(20,21)22)23-17(25)12-2-5-14(6-3-12)29-16-7-4-13(19)8-15(16)24(26)27/h2-8,11H,9-10H2,1H3,(H,23,25). The molecule has 1 atom stereocenters. The Morgan fingerprint density at radius 1 is 1.24 bits per heavy atom. The third-order valence-corrected chi connectivity index (χ3v) is 3.71. The Kier molecular flexibility index (Phi) is 7.40. The van der Waals surface area contributed by atoms with Crippen molar-refractivity contribution in [2.24, 2.45) is 0 Å². The van der Waals surface area contributed by atoms with Crippen molar-refractivity contribution in [3.8, 4) is 11.5 Å². The van der Waals surface area contributed by atoms with Crippen LogP contribution in [0.25, 0.3) is 0 Å². The summed E-state index contributed by atoms with van der Waals surface area (Å²) in [6.45, 7) is -0.186. The molecule has 0 fully saturated rings. The van der Waals surface area contributed by atoms with Gasteiger partial charge in [-0.25, -0.2) is 0 Å². The Morgan fingerprint density at radius 2 is 1.90 bits per heavy atom. The van der Waals surface area contributed by atoms with E-state index in [9.17, 15) is 28.1 Å². The lowest BCUT2D eigenvalue weighted by Gasteiger charge is -2.15. The van der Waals surface area contributed by atoms with Crippen LogP contribution in [0.15, 0.2) is 42.5 Å². The lowest BCUT2D eigenvalue weighted by Crippen LogP contribution is -2.36. The van der Waals surface area contributed by atoms with Crippen LogP contribution < -0.4 is 10.1 Å². The largest absolute Gasteiger partial charge is 0.450 e. The molecule has 0 aliphatic carbocycles. The van der Waals surface area contributed by atoms with Gasteiger partial charge in [0.25, 0.3) is 5.91 Å². The molecule has 0 aromatic heterocycles. The molecular formula is C18H16ClF3N2O5. The number of nitro groups is 1. The molecule has 1 amide bonds. The Bertz CT molecular complexity index is 875. The number of ether oxygens (including phenoxy) is 2. The van der Waals surface area contributed by atoms with Gasteiger partial charge in [-0.2, -0.15) is 13.2 Å². The molecule has 0 radical (unpaired) electrons. The molecule has 29 heavy (non-hydrogen) atoms. The van der Waals surface area contributed by atoms with Crippen LogP contribution in [0.5, 0.6) is 11.5 Å². The van der Waals surface area contributed by atoms with Gasteiger partial charge in [0.05, 0.1) is 11.5 Å². The summed E-state index contributed by atoms with van der Waals surface area (Å²) in [6, 6.07) is 8.98. The van der Waals surface area contributed by atoms with Crippen LogP contribution in [0.3, 0.4) is 0 Å². The molecule has 2 aromatic carbocycles. The van der Waals surface area contributed by atoms with Crippen molar-refractivity contribution >= 4 is 23.2 Å². The van der Waals surface area contributed by atoms with E-state index in [0.29, 0.717) is 0 Å². The second-order valence-corrected chi connectivity index (χ2v) is 6.44. The first-order valence-electron chi connectivity index (χ1n) is 8.22. The number of rotatable bonds is 8. The van der Waals surface area contributed by atoms with Gasteiger partial charge in [-0.05, 0) is 43.3 Å². The highest BCUT2D eigenvalue weighted by Gasteiger charge is 2.27. The van der Waals surface area contributed by atoms with Gasteiger partial charge in [-0.3, -0.25) is 14.9 Å². The molecule has 0 aliphatic rings. The fraction of sp³-hybridized carbons (Fsp3) is 0.278. The SMILES string of the molecule is CC(COCC(F)(F)F)NC(=O)c1ccc(Oc2ccc(Cl)cc2[N+](=O)[O-])cc1. The summed E-state index contributed by atoms with van der Waals surface area (Å²) in [5.74, 6) is -0.294. The summed E-state index contributed by atoms with van der Waals surface area (Å²) in [5.41, 5.74) is -0.0855. The zero-order chi connectivity index (χ0) is 21.6. The third-order valence-electron chi connectivity index (χ3n) is 3.47. The number of benzene rings is 2. The Hall–Kier alpha value is -2.85. The van der Waals surface area contributed by atoms with E-state index in [4.69, 9.17) is 16.3 Å². The van der Waals surface area contributed by atoms with Crippen LogP contribution in [0, 0.1) is 10.1 Å². The summed E-state index contributed by atoms with van der Waals surface area (Å²) in [7, 11) is 0. The van der Waals surface area contributed by atoms with Gasteiger partial charge in [0.15, 0.2) is 0 Å². The summed E-state index contributed by atoms with van der Waals surface area (Å²) >= 11 is 5.75. The van der Waals surface area contributed by atoms with E-state index < -0.39 is 29.7 Å². The van der Waals surface area contributed by atoms with Gasteiger partial charge in [0.2, 0.25) is 5.75 Å². The third kappa shape index (κ3) is 7.24. The van der Waals surface area contributed by atoms with Gasteiger partial charge in [-0.1, -0.05) is 11.6 Å². The minimum atomic E-state index is -4.43. The molecule has 0 bridgehead atoms. The molecule has 0 spiro atoms. The number of hydrogen-bond donors (Lipinski definition) is 1. The highest BCUT2D eigenvalue weighted by Crippen LogP contribution is 2.33. The Labute approximate surface area is 168 Å². The second-order valence-electron chi connectivity index (χ2n) is 6.00. The van der Waals surface area contributed by atoms with E-state index in [0.717, 1.165) is 6.07 Å². The molecule has 0 heterocycles. The monoisotopic (exact) mass is 432 g/mol. The first kappa shape index (κ1) is 22.4. The molecule has 1 unspecified atom stereocenters. The molecule has 7 nitrogen and oxygen atoms in total. The van der Waals surface area contributed by atoms with E-state index in [1.807, 2.05) is 0 Å². The fourth-order valence-corrected chi connectivity index (χ4v) is 2.39. The average molecular weight is 433 g/mol.